The number of allylic oxidation sites excluding steroid dienone is 1. The number of pyridine rings is 1. The molecule has 1 heterocycles. The van der Waals surface area contributed by atoms with E-state index in [1.165, 1.54) is 30.3 Å². The van der Waals surface area contributed by atoms with Crippen LogP contribution in [-0.4, -0.2) is 29.9 Å². The summed E-state index contributed by atoms with van der Waals surface area (Å²) in [4.78, 5) is 15.4. The molecular weight excluding hydrogens is 378 g/mol. The van der Waals surface area contributed by atoms with E-state index in [0.29, 0.717) is 6.08 Å². The van der Waals surface area contributed by atoms with E-state index in [0.717, 1.165) is 18.3 Å². The second kappa shape index (κ2) is 8.11. The molecule has 1 aromatic heterocycles. The molecule has 1 N–H and O–H groups in total. The van der Waals surface area contributed by atoms with Crippen LogP contribution in [0.25, 0.3) is 5.57 Å². The molecule has 4 nitrogen and oxygen atoms in total. The van der Waals surface area contributed by atoms with Crippen molar-refractivity contribution in [2.24, 2.45) is 0 Å². The van der Waals surface area contributed by atoms with Crippen LogP contribution in [0.5, 0.6) is 5.88 Å². The number of nitrogens with one attached hydrogen (secondary N) is 1. The quantitative estimate of drug-likeness (QED) is 0.599. The van der Waals surface area contributed by atoms with Crippen LogP contribution < -0.4 is 10.1 Å². The van der Waals surface area contributed by atoms with Crippen LogP contribution in [0.3, 0.4) is 0 Å². The minimum atomic E-state index is -4.76. The average molecular weight is 390 g/mol. The summed E-state index contributed by atoms with van der Waals surface area (Å²) in [6, 6.07) is 8.95. The van der Waals surface area contributed by atoms with Gasteiger partial charge in [0, 0.05) is 12.1 Å². The van der Waals surface area contributed by atoms with Crippen molar-refractivity contribution in [3.63, 3.8) is 0 Å². The highest BCUT2D eigenvalue weighted by Gasteiger charge is 2.35. The summed E-state index contributed by atoms with van der Waals surface area (Å²) in [6.45, 7) is -1.54. The smallest absolute Gasteiger partial charge is 0.422 e. The van der Waals surface area contributed by atoms with E-state index < -0.39 is 30.4 Å². The molecule has 144 valence electrons. The highest BCUT2D eigenvalue weighted by molar-refractivity contribution is 6.04. The first-order valence-electron chi connectivity index (χ1n) is 7.35. The SMILES string of the molecule is O=C(/C=C(/c1ccccc1)C(F)(F)F)Nc1ccc(OCC(F)(F)F)nc1. The first kappa shape index (κ1) is 20.3. The number of ether oxygens (including phenoxy) is 1. The Morgan fingerprint density at radius 3 is 2.22 bits per heavy atom. The lowest BCUT2D eigenvalue weighted by Crippen LogP contribution is -2.19. The number of carbonyl (C=O) groups excluding carboxylic acids is 1. The molecule has 0 spiro atoms. The summed E-state index contributed by atoms with van der Waals surface area (Å²) in [5, 5.41) is 2.16. The Balaban J connectivity index is 2.10. The number of carbonyl (C=O) groups is 1. The Morgan fingerprint density at radius 2 is 1.70 bits per heavy atom. The Kier molecular flexibility index (Phi) is 6.09. The van der Waals surface area contributed by atoms with Crippen molar-refractivity contribution in [2.45, 2.75) is 12.4 Å². The zero-order chi connectivity index (χ0) is 20.1. The third kappa shape index (κ3) is 6.65. The number of anilines is 1. The number of aromatic nitrogens is 1. The first-order valence-corrected chi connectivity index (χ1v) is 7.35. The fourth-order valence-electron chi connectivity index (χ4n) is 1.95. The second-order valence-corrected chi connectivity index (χ2v) is 5.20. The van der Waals surface area contributed by atoms with E-state index in [2.05, 4.69) is 15.0 Å². The molecule has 0 fully saturated rings. The molecule has 0 saturated heterocycles. The topological polar surface area (TPSA) is 51.2 Å². The van der Waals surface area contributed by atoms with Gasteiger partial charge in [0.15, 0.2) is 6.61 Å². The van der Waals surface area contributed by atoms with Gasteiger partial charge in [0.25, 0.3) is 0 Å². The molecule has 10 heteroatoms. The normalized spacial score (nSPS) is 12.6. The number of hydrogen-bond acceptors (Lipinski definition) is 3. The number of nitrogens with zero attached hydrogens (tertiary/aromatic N) is 1. The highest BCUT2D eigenvalue weighted by Crippen LogP contribution is 2.33. The van der Waals surface area contributed by atoms with Crippen molar-refractivity contribution in [1.82, 2.24) is 4.98 Å². The zero-order valence-corrected chi connectivity index (χ0v) is 13.4. The van der Waals surface area contributed by atoms with Gasteiger partial charge in [0.05, 0.1) is 17.5 Å². The van der Waals surface area contributed by atoms with Gasteiger partial charge >= 0.3 is 12.4 Å². The maximum Gasteiger partial charge on any atom is 0.422 e. The van der Waals surface area contributed by atoms with E-state index in [1.54, 1.807) is 0 Å². The van der Waals surface area contributed by atoms with Crippen LogP contribution in [0, 0.1) is 0 Å². The van der Waals surface area contributed by atoms with Crippen LogP contribution in [0.15, 0.2) is 54.7 Å². The molecular formula is C17H12F6N2O2. The number of rotatable bonds is 5. The van der Waals surface area contributed by atoms with Gasteiger partial charge in [-0.2, -0.15) is 26.3 Å². The summed E-state index contributed by atoms with van der Waals surface area (Å²) in [7, 11) is 0. The lowest BCUT2D eigenvalue weighted by atomic mass is 10.1. The van der Waals surface area contributed by atoms with Gasteiger partial charge in [-0.05, 0) is 11.6 Å². The summed E-state index contributed by atoms with van der Waals surface area (Å²) in [5.74, 6) is -1.42. The van der Waals surface area contributed by atoms with Crippen molar-refractivity contribution in [2.75, 3.05) is 11.9 Å². The first-order chi connectivity index (χ1) is 12.5. The molecule has 0 radical (unpaired) electrons. The van der Waals surface area contributed by atoms with Crippen molar-refractivity contribution in [3.05, 3.63) is 60.3 Å². The number of hydrogen-bond donors (Lipinski definition) is 1. The predicted molar refractivity (Wildman–Crippen MR) is 84.9 cm³/mol. The van der Waals surface area contributed by atoms with Crippen LogP contribution in [0.1, 0.15) is 5.56 Å². The van der Waals surface area contributed by atoms with Gasteiger partial charge in [-0.15, -0.1) is 0 Å². The molecule has 2 aromatic rings. The molecule has 27 heavy (non-hydrogen) atoms. The van der Waals surface area contributed by atoms with Gasteiger partial charge in [0.2, 0.25) is 11.8 Å². The number of halogens is 6. The minimum Gasteiger partial charge on any atom is -0.468 e. The Hall–Kier alpha value is -3.04. The third-order valence-electron chi connectivity index (χ3n) is 3.05. The predicted octanol–water partition coefficient (Wildman–Crippen LogP) is 4.61. The van der Waals surface area contributed by atoms with Crippen LogP contribution in [0.4, 0.5) is 32.0 Å². The van der Waals surface area contributed by atoms with Crippen molar-refractivity contribution < 1.29 is 35.9 Å². The molecule has 0 atom stereocenters. The number of amides is 1. The Bertz CT molecular complexity index is 799. The number of alkyl halides is 6. The summed E-state index contributed by atoms with van der Waals surface area (Å²) < 4.78 is 80.0. The van der Waals surface area contributed by atoms with E-state index in [-0.39, 0.29) is 17.1 Å². The maximum absolute atomic E-state index is 13.2. The van der Waals surface area contributed by atoms with Crippen LogP contribution in [-0.2, 0) is 4.79 Å². The lowest BCUT2D eigenvalue weighted by Gasteiger charge is -2.12. The molecule has 0 saturated carbocycles. The molecule has 0 aliphatic heterocycles. The lowest BCUT2D eigenvalue weighted by molar-refractivity contribution is -0.154. The monoisotopic (exact) mass is 390 g/mol. The second-order valence-electron chi connectivity index (χ2n) is 5.20. The average Bonchev–Trinajstić information content (AvgIpc) is 2.58. The fourth-order valence-corrected chi connectivity index (χ4v) is 1.95. The van der Waals surface area contributed by atoms with E-state index in [9.17, 15) is 31.1 Å². The van der Waals surface area contributed by atoms with Gasteiger partial charge in [0.1, 0.15) is 0 Å². The Labute approximate surface area is 149 Å². The summed E-state index contributed by atoms with van der Waals surface area (Å²) in [6.07, 6.45) is -7.94. The van der Waals surface area contributed by atoms with E-state index in [1.807, 2.05) is 0 Å². The van der Waals surface area contributed by atoms with Crippen molar-refractivity contribution in [1.29, 1.82) is 0 Å². The summed E-state index contributed by atoms with van der Waals surface area (Å²) >= 11 is 0. The zero-order valence-electron chi connectivity index (χ0n) is 13.4. The fraction of sp³-hybridized carbons (Fsp3) is 0.176. The molecule has 0 aliphatic carbocycles. The molecule has 1 amide bonds. The van der Waals surface area contributed by atoms with E-state index in [4.69, 9.17) is 0 Å². The molecule has 0 aliphatic rings. The minimum absolute atomic E-state index is 0.00908. The number of benzene rings is 1. The van der Waals surface area contributed by atoms with Gasteiger partial charge in [-0.25, -0.2) is 4.98 Å². The molecule has 2 rings (SSSR count). The maximum atomic E-state index is 13.2. The van der Waals surface area contributed by atoms with Crippen molar-refractivity contribution >= 4 is 17.2 Å². The van der Waals surface area contributed by atoms with Gasteiger partial charge in [-0.1, -0.05) is 30.3 Å². The molecule has 0 unspecified atom stereocenters. The van der Waals surface area contributed by atoms with E-state index >= 15 is 0 Å². The molecule has 0 bridgehead atoms. The van der Waals surface area contributed by atoms with Crippen LogP contribution in [0.2, 0.25) is 0 Å². The van der Waals surface area contributed by atoms with Gasteiger partial charge in [-0.3, -0.25) is 4.79 Å². The molecule has 1 aromatic carbocycles. The summed E-state index contributed by atoms with van der Waals surface area (Å²) in [5.41, 5.74) is -1.34. The highest BCUT2D eigenvalue weighted by atomic mass is 19.4. The largest absolute Gasteiger partial charge is 0.468 e. The third-order valence-corrected chi connectivity index (χ3v) is 3.05. The van der Waals surface area contributed by atoms with Gasteiger partial charge < -0.3 is 10.1 Å². The van der Waals surface area contributed by atoms with Crippen molar-refractivity contribution in [3.8, 4) is 5.88 Å². The standard InChI is InChI=1S/C17H12F6N2O2/c18-16(19,20)10-27-15-7-6-12(9-24-15)25-14(26)8-13(17(21,22)23)11-4-2-1-3-5-11/h1-9H,10H2,(H,25,26)/b13-8-. The Morgan fingerprint density at radius 1 is 1.04 bits per heavy atom. The van der Waals surface area contributed by atoms with Crippen LogP contribution >= 0.6 is 0 Å².